The summed E-state index contributed by atoms with van der Waals surface area (Å²) in [5.74, 6) is 0.632. The normalized spacial score (nSPS) is 21.2. The molecule has 0 saturated carbocycles. The van der Waals surface area contributed by atoms with Crippen molar-refractivity contribution in [3.05, 3.63) is 11.1 Å². The fraction of sp³-hybridized carbons (Fsp3) is 0.733. The Bertz CT molecular complexity index is 462. The summed E-state index contributed by atoms with van der Waals surface area (Å²) in [5.41, 5.74) is 6.84. The van der Waals surface area contributed by atoms with Gasteiger partial charge >= 0.3 is 0 Å². The molecular weight excluding hydrogens is 284 g/mol. The molecule has 0 spiro atoms. The third-order valence-electron chi connectivity index (χ3n) is 3.85. The lowest BCUT2D eigenvalue weighted by Gasteiger charge is -2.30. The van der Waals surface area contributed by atoms with E-state index >= 15 is 0 Å². The predicted molar refractivity (Wildman–Crippen MR) is 87.3 cm³/mol. The van der Waals surface area contributed by atoms with Crippen LogP contribution in [0.25, 0.3) is 0 Å². The van der Waals surface area contributed by atoms with Crippen LogP contribution < -0.4 is 11.1 Å². The van der Waals surface area contributed by atoms with Crippen LogP contribution >= 0.6 is 11.3 Å². The Balaban J connectivity index is 1.85. The van der Waals surface area contributed by atoms with Gasteiger partial charge in [-0.15, -0.1) is 11.3 Å². The summed E-state index contributed by atoms with van der Waals surface area (Å²) in [7, 11) is 0. The highest BCUT2D eigenvalue weighted by Crippen LogP contribution is 2.21. The number of piperidine rings is 1. The minimum atomic E-state index is -0.440. The number of hydrogen-bond acceptors (Lipinski definition) is 5. The second-order valence-electron chi connectivity index (χ2n) is 6.01. The van der Waals surface area contributed by atoms with E-state index in [1.54, 1.807) is 0 Å². The van der Waals surface area contributed by atoms with Crippen LogP contribution in [0.5, 0.6) is 0 Å². The molecule has 0 aliphatic carbocycles. The average Bonchev–Trinajstić information content (AvgIpc) is 2.86. The fourth-order valence-corrected chi connectivity index (χ4v) is 3.44. The van der Waals surface area contributed by atoms with Gasteiger partial charge in [-0.2, -0.15) is 0 Å². The molecular formula is C15H26N4OS. The van der Waals surface area contributed by atoms with E-state index in [0.717, 1.165) is 37.7 Å². The molecule has 118 valence electrons. The summed E-state index contributed by atoms with van der Waals surface area (Å²) in [4.78, 5) is 18.8. The molecule has 1 aromatic rings. The summed E-state index contributed by atoms with van der Waals surface area (Å²) in [6, 6.07) is -0.440. The lowest BCUT2D eigenvalue weighted by molar-refractivity contribution is -0.117. The Labute approximate surface area is 130 Å². The van der Waals surface area contributed by atoms with Gasteiger partial charge < -0.3 is 11.1 Å². The van der Waals surface area contributed by atoms with Crippen molar-refractivity contribution in [2.24, 2.45) is 11.7 Å². The van der Waals surface area contributed by atoms with Crippen LogP contribution in [-0.4, -0.2) is 34.9 Å². The van der Waals surface area contributed by atoms with Gasteiger partial charge in [-0.3, -0.25) is 9.69 Å². The number of thiazole rings is 1. The van der Waals surface area contributed by atoms with Crippen molar-refractivity contribution in [1.29, 1.82) is 0 Å². The van der Waals surface area contributed by atoms with Crippen LogP contribution in [0.2, 0.25) is 0 Å². The van der Waals surface area contributed by atoms with Crippen molar-refractivity contribution < 1.29 is 4.79 Å². The maximum atomic E-state index is 11.9. The molecule has 0 aromatic carbocycles. The topological polar surface area (TPSA) is 71.2 Å². The number of nitrogens with one attached hydrogen (secondary N) is 1. The predicted octanol–water partition coefficient (Wildman–Crippen LogP) is 2.44. The van der Waals surface area contributed by atoms with Crippen LogP contribution in [-0.2, 0) is 11.3 Å². The van der Waals surface area contributed by atoms with E-state index in [1.165, 1.54) is 24.2 Å². The van der Waals surface area contributed by atoms with E-state index in [9.17, 15) is 4.79 Å². The van der Waals surface area contributed by atoms with Gasteiger partial charge in [0.15, 0.2) is 5.13 Å². The zero-order valence-corrected chi connectivity index (χ0v) is 13.8. The van der Waals surface area contributed by atoms with E-state index in [2.05, 4.69) is 22.1 Å². The Hall–Kier alpha value is -0.980. The largest absolute Gasteiger partial charge is 0.320 e. The second kappa shape index (κ2) is 7.87. The number of nitrogens with zero attached hydrogens (tertiary/aromatic N) is 2. The number of amides is 1. The molecule has 1 amide bonds. The standard InChI is InChI=1S/C15H26N4OS/c1-3-5-13(16)14(20)18-15-17-12(10-21-15)9-19-7-4-6-11(2)8-19/h10-11,13H,3-9,16H2,1-2H3,(H,17,18,20). The third-order valence-corrected chi connectivity index (χ3v) is 4.65. The van der Waals surface area contributed by atoms with E-state index in [4.69, 9.17) is 5.73 Å². The smallest absolute Gasteiger partial charge is 0.243 e. The number of anilines is 1. The number of aromatic nitrogens is 1. The highest BCUT2D eigenvalue weighted by atomic mass is 32.1. The van der Waals surface area contributed by atoms with E-state index in [-0.39, 0.29) is 5.91 Å². The molecule has 0 radical (unpaired) electrons. The van der Waals surface area contributed by atoms with Crippen molar-refractivity contribution in [2.75, 3.05) is 18.4 Å². The number of carbonyl (C=O) groups excluding carboxylic acids is 1. The monoisotopic (exact) mass is 310 g/mol. The quantitative estimate of drug-likeness (QED) is 0.846. The van der Waals surface area contributed by atoms with Crippen LogP contribution in [0.1, 0.15) is 45.2 Å². The Morgan fingerprint density at radius 1 is 1.67 bits per heavy atom. The first-order valence-electron chi connectivity index (χ1n) is 7.81. The lowest BCUT2D eigenvalue weighted by atomic mass is 10.0. The van der Waals surface area contributed by atoms with Crippen LogP contribution in [0.15, 0.2) is 5.38 Å². The molecule has 1 aliphatic heterocycles. The minimum Gasteiger partial charge on any atom is -0.320 e. The minimum absolute atomic E-state index is 0.135. The SMILES string of the molecule is CCCC(N)C(=O)Nc1nc(CN2CCCC(C)C2)cs1. The highest BCUT2D eigenvalue weighted by molar-refractivity contribution is 7.13. The Morgan fingerprint density at radius 2 is 2.48 bits per heavy atom. The summed E-state index contributed by atoms with van der Waals surface area (Å²) < 4.78 is 0. The van der Waals surface area contributed by atoms with Crippen LogP contribution in [0.4, 0.5) is 5.13 Å². The molecule has 6 heteroatoms. The molecule has 3 N–H and O–H groups in total. The van der Waals surface area contributed by atoms with Gasteiger partial charge in [0, 0.05) is 18.5 Å². The summed E-state index contributed by atoms with van der Waals surface area (Å²) in [5, 5.41) is 5.50. The molecule has 1 fully saturated rings. The third kappa shape index (κ3) is 5.05. The van der Waals surface area contributed by atoms with Crippen LogP contribution in [0, 0.1) is 5.92 Å². The van der Waals surface area contributed by atoms with Crippen molar-refractivity contribution in [3.8, 4) is 0 Å². The summed E-state index contributed by atoms with van der Waals surface area (Å²) in [6.07, 6.45) is 4.20. The molecule has 2 heterocycles. The number of nitrogens with two attached hydrogens (primary N) is 1. The fourth-order valence-electron chi connectivity index (χ4n) is 2.74. The van der Waals surface area contributed by atoms with E-state index in [1.807, 2.05) is 12.3 Å². The molecule has 0 bridgehead atoms. The molecule has 2 rings (SSSR count). The zero-order chi connectivity index (χ0) is 15.2. The van der Waals surface area contributed by atoms with Gasteiger partial charge in [0.25, 0.3) is 0 Å². The Morgan fingerprint density at radius 3 is 3.19 bits per heavy atom. The van der Waals surface area contributed by atoms with Gasteiger partial charge in [0.1, 0.15) is 0 Å². The molecule has 1 aliphatic rings. The molecule has 1 saturated heterocycles. The lowest BCUT2D eigenvalue weighted by Crippen LogP contribution is -2.35. The second-order valence-corrected chi connectivity index (χ2v) is 6.87. The van der Waals surface area contributed by atoms with Gasteiger partial charge in [-0.05, 0) is 31.7 Å². The number of likely N-dealkylation sites (tertiary alicyclic amines) is 1. The van der Waals surface area contributed by atoms with E-state index in [0.29, 0.717) is 11.6 Å². The van der Waals surface area contributed by atoms with Crippen molar-refractivity contribution in [1.82, 2.24) is 9.88 Å². The summed E-state index contributed by atoms with van der Waals surface area (Å²) >= 11 is 1.48. The summed E-state index contributed by atoms with van der Waals surface area (Å²) in [6.45, 7) is 7.48. The maximum absolute atomic E-state index is 11.9. The van der Waals surface area contributed by atoms with Crippen LogP contribution in [0.3, 0.4) is 0 Å². The molecule has 2 atom stereocenters. The van der Waals surface area contributed by atoms with Gasteiger partial charge in [0.2, 0.25) is 5.91 Å². The molecule has 2 unspecified atom stereocenters. The average molecular weight is 310 g/mol. The Kier molecular flexibility index (Phi) is 6.14. The number of rotatable bonds is 6. The van der Waals surface area contributed by atoms with Gasteiger partial charge in [0.05, 0.1) is 11.7 Å². The zero-order valence-electron chi connectivity index (χ0n) is 13.0. The first kappa shape index (κ1) is 16.4. The number of carbonyl (C=O) groups is 1. The molecule has 5 nitrogen and oxygen atoms in total. The molecule has 21 heavy (non-hydrogen) atoms. The van der Waals surface area contributed by atoms with E-state index < -0.39 is 6.04 Å². The highest BCUT2D eigenvalue weighted by Gasteiger charge is 2.18. The maximum Gasteiger partial charge on any atom is 0.243 e. The van der Waals surface area contributed by atoms with Gasteiger partial charge in [-0.1, -0.05) is 20.3 Å². The number of hydrogen-bond donors (Lipinski definition) is 2. The first-order valence-corrected chi connectivity index (χ1v) is 8.69. The van der Waals surface area contributed by atoms with Crippen molar-refractivity contribution in [3.63, 3.8) is 0 Å². The van der Waals surface area contributed by atoms with Crippen molar-refractivity contribution in [2.45, 2.75) is 52.1 Å². The first-order chi connectivity index (χ1) is 10.1. The molecule has 1 aromatic heterocycles. The van der Waals surface area contributed by atoms with Crippen molar-refractivity contribution >= 4 is 22.4 Å². The van der Waals surface area contributed by atoms with Gasteiger partial charge in [-0.25, -0.2) is 4.98 Å².